The predicted molar refractivity (Wildman–Crippen MR) is 93.4 cm³/mol. The molecule has 0 radical (unpaired) electrons. The van der Waals surface area contributed by atoms with Gasteiger partial charge in [0.15, 0.2) is 6.10 Å². The van der Waals surface area contributed by atoms with Crippen LogP contribution < -0.4 is 16.0 Å². The van der Waals surface area contributed by atoms with Crippen molar-refractivity contribution >= 4 is 28.5 Å². The molecule has 1 saturated carbocycles. The highest BCUT2D eigenvalue weighted by molar-refractivity contribution is 6.07. The normalized spacial score (nSPS) is 20.5. The molecule has 2 aromatic rings. The number of pyridine rings is 1. The van der Waals surface area contributed by atoms with Gasteiger partial charge in [-0.15, -0.1) is 0 Å². The number of carbonyl (C=O) groups excluding carboxylic acids is 2. The Morgan fingerprint density at radius 1 is 1.28 bits per heavy atom. The lowest BCUT2D eigenvalue weighted by Gasteiger charge is -2.32. The van der Waals surface area contributed by atoms with Crippen LogP contribution in [0.15, 0.2) is 30.3 Å². The number of carbonyl (C=O) groups is 2. The Kier molecular flexibility index (Phi) is 4.01. The molecule has 0 unspecified atom stereocenters. The first-order valence-electron chi connectivity index (χ1n) is 8.48. The van der Waals surface area contributed by atoms with Gasteiger partial charge < -0.3 is 20.7 Å². The number of fused-ring (bicyclic) bond motifs is 1. The average molecular weight is 340 g/mol. The van der Waals surface area contributed by atoms with E-state index in [0.717, 1.165) is 23.7 Å². The first kappa shape index (κ1) is 15.8. The summed E-state index contributed by atoms with van der Waals surface area (Å²) in [4.78, 5) is 30.7. The van der Waals surface area contributed by atoms with Crippen LogP contribution in [0, 0.1) is 0 Å². The van der Waals surface area contributed by atoms with Crippen LogP contribution >= 0.6 is 0 Å². The van der Waals surface area contributed by atoms with Gasteiger partial charge in [0.25, 0.3) is 5.91 Å². The van der Waals surface area contributed by atoms with E-state index in [1.165, 1.54) is 0 Å². The SMILES string of the molecule is NC(=O)[C@H]1CN(c2cc(C(=O)NC3CC3)c3ccccc3n2)CCO1. The number of aromatic nitrogens is 1. The fourth-order valence-corrected chi connectivity index (χ4v) is 3.03. The fraction of sp³-hybridized carbons (Fsp3) is 0.389. The van der Waals surface area contributed by atoms with Crippen LogP contribution in [0.1, 0.15) is 23.2 Å². The summed E-state index contributed by atoms with van der Waals surface area (Å²) in [5.74, 6) is 0.0912. The Hall–Kier alpha value is -2.67. The van der Waals surface area contributed by atoms with E-state index in [2.05, 4.69) is 10.3 Å². The first-order valence-corrected chi connectivity index (χ1v) is 8.48. The lowest BCUT2D eigenvalue weighted by molar-refractivity contribution is -0.130. The Labute approximate surface area is 145 Å². The van der Waals surface area contributed by atoms with Crippen molar-refractivity contribution in [1.29, 1.82) is 0 Å². The van der Waals surface area contributed by atoms with Crippen molar-refractivity contribution in [2.75, 3.05) is 24.6 Å². The van der Waals surface area contributed by atoms with Crippen LogP contribution in [0.3, 0.4) is 0 Å². The second-order valence-electron chi connectivity index (χ2n) is 6.50. The van der Waals surface area contributed by atoms with Crippen molar-refractivity contribution in [3.63, 3.8) is 0 Å². The Balaban J connectivity index is 1.71. The second kappa shape index (κ2) is 6.33. The minimum absolute atomic E-state index is 0.0814. The molecule has 7 nitrogen and oxygen atoms in total. The number of hydrogen-bond donors (Lipinski definition) is 2. The minimum Gasteiger partial charge on any atom is -0.367 e. The van der Waals surface area contributed by atoms with Crippen molar-refractivity contribution in [1.82, 2.24) is 10.3 Å². The van der Waals surface area contributed by atoms with Crippen LogP contribution in [-0.4, -0.2) is 48.6 Å². The molecule has 2 amide bonds. The summed E-state index contributed by atoms with van der Waals surface area (Å²) >= 11 is 0. The molecule has 0 spiro atoms. The van der Waals surface area contributed by atoms with Crippen molar-refractivity contribution in [3.05, 3.63) is 35.9 Å². The lowest BCUT2D eigenvalue weighted by Crippen LogP contribution is -2.48. The van der Waals surface area contributed by atoms with Gasteiger partial charge in [0.1, 0.15) is 5.82 Å². The van der Waals surface area contributed by atoms with Gasteiger partial charge in [-0.05, 0) is 25.0 Å². The highest BCUT2D eigenvalue weighted by Gasteiger charge is 2.28. The summed E-state index contributed by atoms with van der Waals surface area (Å²) < 4.78 is 5.39. The number of morpholine rings is 1. The zero-order valence-electron chi connectivity index (χ0n) is 13.8. The summed E-state index contributed by atoms with van der Waals surface area (Å²) in [5.41, 5.74) is 6.72. The van der Waals surface area contributed by atoms with E-state index in [1.807, 2.05) is 29.2 Å². The van der Waals surface area contributed by atoms with Crippen LogP contribution in [0.4, 0.5) is 5.82 Å². The van der Waals surface area contributed by atoms with E-state index in [1.54, 1.807) is 6.07 Å². The highest BCUT2D eigenvalue weighted by atomic mass is 16.5. The van der Waals surface area contributed by atoms with Gasteiger partial charge in [-0.2, -0.15) is 0 Å². The third-order valence-electron chi connectivity index (χ3n) is 4.57. The van der Waals surface area contributed by atoms with Crippen molar-refractivity contribution in [2.24, 2.45) is 5.73 Å². The number of amides is 2. The molecule has 1 aromatic heterocycles. The maximum absolute atomic E-state index is 12.7. The molecule has 130 valence electrons. The standard InChI is InChI=1S/C18H20N4O3/c19-17(23)15-10-22(7-8-25-15)16-9-13(18(24)20-11-5-6-11)12-3-1-2-4-14(12)21-16/h1-4,9,11,15H,5-8,10H2,(H2,19,23)(H,20,24)/t15-/m1/s1. The number of benzene rings is 1. The van der Waals surface area contributed by atoms with Crippen LogP contribution in [0.2, 0.25) is 0 Å². The summed E-state index contributed by atoms with van der Waals surface area (Å²) in [6, 6.07) is 9.66. The highest BCUT2D eigenvalue weighted by Crippen LogP contribution is 2.26. The number of anilines is 1. The van der Waals surface area contributed by atoms with Gasteiger partial charge in [0.2, 0.25) is 5.91 Å². The number of nitrogens with zero attached hydrogens (tertiary/aromatic N) is 2. The van der Waals surface area contributed by atoms with Gasteiger partial charge in [0.05, 0.1) is 24.2 Å². The molecule has 1 aromatic carbocycles. The summed E-state index contributed by atoms with van der Waals surface area (Å²) in [5, 5.41) is 3.86. The smallest absolute Gasteiger partial charge is 0.252 e. The Bertz CT molecular complexity index is 834. The van der Waals surface area contributed by atoms with Crippen LogP contribution in [0.5, 0.6) is 0 Å². The average Bonchev–Trinajstić information content (AvgIpc) is 3.44. The van der Waals surface area contributed by atoms with E-state index in [4.69, 9.17) is 10.5 Å². The zero-order chi connectivity index (χ0) is 17.4. The van der Waals surface area contributed by atoms with Gasteiger partial charge in [-0.3, -0.25) is 9.59 Å². The summed E-state index contributed by atoms with van der Waals surface area (Å²) in [7, 11) is 0. The third-order valence-corrected chi connectivity index (χ3v) is 4.57. The molecule has 1 atom stereocenters. The largest absolute Gasteiger partial charge is 0.367 e. The van der Waals surface area contributed by atoms with Crippen molar-refractivity contribution in [3.8, 4) is 0 Å². The maximum Gasteiger partial charge on any atom is 0.252 e. The Morgan fingerprint density at radius 3 is 2.84 bits per heavy atom. The van der Waals surface area contributed by atoms with Gasteiger partial charge in [-0.25, -0.2) is 4.98 Å². The summed E-state index contributed by atoms with van der Waals surface area (Å²) in [6.45, 7) is 1.33. The predicted octanol–water partition coefficient (Wildman–Crippen LogP) is 0.817. The monoisotopic (exact) mass is 340 g/mol. The number of hydrogen-bond acceptors (Lipinski definition) is 5. The molecule has 7 heteroatoms. The molecule has 2 heterocycles. The van der Waals surface area contributed by atoms with E-state index < -0.39 is 12.0 Å². The molecular weight excluding hydrogens is 320 g/mol. The topological polar surface area (TPSA) is 97.6 Å². The Morgan fingerprint density at radius 2 is 2.08 bits per heavy atom. The molecule has 1 aliphatic carbocycles. The molecular formula is C18H20N4O3. The molecule has 25 heavy (non-hydrogen) atoms. The van der Waals surface area contributed by atoms with Gasteiger partial charge >= 0.3 is 0 Å². The second-order valence-corrected chi connectivity index (χ2v) is 6.50. The lowest BCUT2D eigenvalue weighted by atomic mass is 10.1. The molecule has 1 saturated heterocycles. The molecule has 4 rings (SSSR count). The number of para-hydroxylation sites is 1. The number of primary amides is 1. The van der Waals surface area contributed by atoms with Gasteiger partial charge in [-0.1, -0.05) is 18.2 Å². The van der Waals surface area contributed by atoms with E-state index >= 15 is 0 Å². The van der Waals surface area contributed by atoms with E-state index in [0.29, 0.717) is 31.1 Å². The molecule has 2 fully saturated rings. The zero-order valence-corrected chi connectivity index (χ0v) is 13.8. The first-order chi connectivity index (χ1) is 12.1. The molecule has 2 aliphatic rings. The number of nitrogens with one attached hydrogen (secondary N) is 1. The number of ether oxygens (including phenoxy) is 1. The number of nitrogens with two attached hydrogens (primary N) is 1. The fourth-order valence-electron chi connectivity index (χ4n) is 3.03. The van der Waals surface area contributed by atoms with Crippen molar-refractivity contribution < 1.29 is 14.3 Å². The molecule has 0 bridgehead atoms. The summed E-state index contributed by atoms with van der Waals surface area (Å²) in [6.07, 6.45) is 1.40. The van der Waals surface area contributed by atoms with E-state index in [9.17, 15) is 9.59 Å². The molecule has 3 N–H and O–H groups in total. The van der Waals surface area contributed by atoms with Crippen LogP contribution in [0.25, 0.3) is 10.9 Å². The van der Waals surface area contributed by atoms with E-state index in [-0.39, 0.29) is 11.9 Å². The van der Waals surface area contributed by atoms with Gasteiger partial charge in [0, 0.05) is 18.0 Å². The maximum atomic E-state index is 12.7. The number of rotatable bonds is 4. The molecule has 1 aliphatic heterocycles. The quantitative estimate of drug-likeness (QED) is 0.859. The minimum atomic E-state index is -0.661. The van der Waals surface area contributed by atoms with Crippen molar-refractivity contribution in [2.45, 2.75) is 25.0 Å². The van der Waals surface area contributed by atoms with Crippen LogP contribution in [-0.2, 0) is 9.53 Å². The third kappa shape index (κ3) is 3.28.